The summed E-state index contributed by atoms with van der Waals surface area (Å²) in [7, 11) is 0. The van der Waals surface area contributed by atoms with Gasteiger partial charge in [-0.05, 0) is 37.0 Å². The van der Waals surface area contributed by atoms with Gasteiger partial charge in [-0.1, -0.05) is 74.0 Å². The number of imidazole rings is 1. The number of para-hydroxylation sites is 1. The van der Waals surface area contributed by atoms with Gasteiger partial charge in [0.25, 0.3) is 0 Å². The number of nitrogens with two attached hydrogens (primary N) is 2. The van der Waals surface area contributed by atoms with E-state index in [9.17, 15) is 24.0 Å². The highest BCUT2D eigenvalue weighted by Gasteiger charge is 2.17. The number of hydrogen-bond acceptors (Lipinski definition) is 9. The van der Waals surface area contributed by atoms with Crippen molar-refractivity contribution < 1.29 is 24.0 Å². The molecule has 0 spiro atoms. The number of unbranched alkanes of at least 4 members (excludes halogenated alkanes) is 2. The third kappa shape index (κ3) is 12.8. The van der Waals surface area contributed by atoms with Gasteiger partial charge in [0.2, 0.25) is 29.5 Å². The fourth-order valence-electron chi connectivity index (χ4n) is 5.57. The predicted octanol–water partition coefficient (Wildman–Crippen LogP) is 2.56. The van der Waals surface area contributed by atoms with Gasteiger partial charge in [-0.25, -0.2) is 9.97 Å². The second-order valence-electron chi connectivity index (χ2n) is 12.6. The van der Waals surface area contributed by atoms with Crippen molar-refractivity contribution >= 4 is 63.0 Å². The average Bonchev–Trinajstić information content (AvgIpc) is 3.54. The quantitative estimate of drug-likeness (QED) is 0.0701. The van der Waals surface area contributed by atoms with E-state index in [1.807, 2.05) is 48.5 Å². The zero-order valence-corrected chi connectivity index (χ0v) is 30.7. The SMILES string of the molecule is CCCCc1nc2c(N)nc3ccccc3c2n1CCCCNC(=O)CCC(=O)NCC(=O)NCC(=O)NCC(=O)NCc1ccccccccc1N. The number of carbonyl (C=O) groups is 5. The van der Waals surface area contributed by atoms with Crippen LogP contribution in [0.1, 0.15) is 56.8 Å². The van der Waals surface area contributed by atoms with E-state index in [0.717, 1.165) is 54.3 Å². The van der Waals surface area contributed by atoms with Gasteiger partial charge in [0.15, 0.2) is 5.82 Å². The summed E-state index contributed by atoms with van der Waals surface area (Å²) in [6, 6.07) is 22.4. The molecular weight excluding hydrogens is 688 g/mol. The van der Waals surface area contributed by atoms with E-state index in [0.29, 0.717) is 35.7 Å². The van der Waals surface area contributed by atoms with E-state index in [-0.39, 0.29) is 44.9 Å². The van der Waals surface area contributed by atoms with E-state index in [2.05, 4.69) is 43.1 Å². The number of rotatable bonds is 19. The first-order chi connectivity index (χ1) is 26.2. The summed E-state index contributed by atoms with van der Waals surface area (Å²) in [5.41, 5.74) is 16.1. The fraction of sp³-hybridized carbons (Fsp3) is 0.359. The van der Waals surface area contributed by atoms with E-state index in [1.165, 1.54) is 0 Å². The van der Waals surface area contributed by atoms with Crippen LogP contribution in [0, 0.1) is 0 Å². The smallest absolute Gasteiger partial charge is 0.239 e. The molecule has 54 heavy (non-hydrogen) atoms. The van der Waals surface area contributed by atoms with Crippen LogP contribution in [0.5, 0.6) is 0 Å². The molecule has 2 heterocycles. The summed E-state index contributed by atoms with van der Waals surface area (Å²) in [6.07, 6.45) is 4.27. The number of amides is 5. The molecule has 0 saturated heterocycles. The normalized spacial score (nSPS) is 10.7. The average molecular weight is 739 g/mol. The molecule has 0 saturated carbocycles. The lowest BCUT2D eigenvalue weighted by Gasteiger charge is -2.11. The monoisotopic (exact) mass is 738 g/mol. The number of nitrogens with one attached hydrogen (secondary N) is 5. The Labute approximate surface area is 314 Å². The van der Waals surface area contributed by atoms with Crippen molar-refractivity contribution in [2.45, 2.75) is 65.0 Å². The summed E-state index contributed by atoms with van der Waals surface area (Å²) in [4.78, 5) is 70.5. The molecule has 4 aromatic rings. The molecule has 2 aromatic carbocycles. The number of hydrogen-bond donors (Lipinski definition) is 7. The molecule has 15 heteroatoms. The van der Waals surface area contributed by atoms with Crippen LogP contribution in [0.15, 0.2) is 72.8 Å². The number of carbonyl (C=O) groups excluding carboxylic acids is 5. The highest BCUT2D eigenvalue weighted by atomic mass is 16.2. The summed E-state index contributed by atoms with van der Waals surface area (Å²) in [5, 5.41) is 13.8. The number of anilines is 2. The minimum absolute atomic E-state index is 0.0330. The van der Waals surface area contributed by atoms with Crippen molar-refractivity contribution in [3.63, 3.8) is 0 Å². The number of fused-ring (bicyclic) bond motifs is 3. The minimum atomic E-state index is -0.593. The molecule has 0 radical (unpaired) electrons. The number of benzene rings is 1. The third-order valence-corrected chi connectivity index (χ3v) is 8.47. The predicted molar refractivity (Wildman–Crippen MR) is 209 cm³/mol. The molecule has 4 rings (SSSR count). The molecule has 0 aliphatic rings. The Bertz CT molecular complexity index is 2000. The van der Waals surface area contributed by atoms with Crippen LogP contribution in [0.25, 0.3) is 21.9 Å². The molecule has 0 aliphatic heterocycles. The van der Waals surface area contributed by atoms with Crippen LogP contribution >= 0.6 is 0 Å². The lowest BCUT2D eigenvalue weighted by atomic mass is 10.1. The van der Waals surface area contributed by atoms with E-state index >= 15 is 0 Å². The van der Waals surface area contributed by atoms with Gasteiger partial charge >= 0.3 is 0 Å². The summed E-state index contributed by atoms with van der Waals surface area (Å²) < 4.78 is 2.23. The molecule has 9 N–H and O–H groups in total. The molecule has 0 aliphatic carbocycles. The third-order valence-electron chi connectivity index (χ3n) is 8.47. The van der Waals surface area contributed by atoms with Crippen molar-refractivity contribution in [1.82, 2.24) is 41.1 Å². The number of aromatic nitrogens is 3. The largest absolute Gasteiger partial charge is 0.398 e. The lowest BCUT2D eigenvalue weighted by molar-refractivity contribution is -0.129. The van der Waals surface area contributed by atoms with Gasteiger partial charge < -0.3 is 42.6 Å². The summed E-state index contributed by atoms with van der Waals surface area (Å²) >= 11 is 0. The van der Waals surface area contributed by atoms with Gasteiger partial charge in [-0.3, -0.25) is 24.0 Å². The Kier molecular flexibility index (Phi) is 16.0. The van der Waals surface area contributed by atoms with Crippen molar-refractivity contribution in [2.24, 2.45) is 0 Å². The van der Waals surface area contributed by atoms with Crippen molar-refractivity contribution in [2.75, 3.05) is 37.6 Å². The van der Waals surface area contributed by atoms with Crippen molar-refractivity contribution in [3.05, 3.63) is 84.2 Å². The zero-order chi connectivity index (χ0) is 38.7. The van der Waals surface area contributed by atoms with E-state index in [1.54, 1.807) is 24.3 Å². The summed E-state index contributed by atoms with van der Waals surface area (Å²) in [6.45, 7) is 2.42. The number of nitrogen functional groups attached to an aromatic ring is 2. The molecule has 15 nitrogen and oxygen atoms in total. The van der Waals surface area contributed by atoms with Crippen molar-refractivity contribution in [1.29, 1.82) is 0 Å². The maximum atomic E-state index is 12.4. The van der Waals surface area contributed by atoms with Crippen molar-refractivity contribution in [3.8, 4) is 0 Å². The molecule has 5 amide bonds. The number of nitrogens with zero attached hydrogens (tertiary/aromatic N) is 3. The molecular formula is C39H50N10O5. The Morgan fingerprint density at radius 3 is 1.94 bits per heavy atom. The maximum absolute atomic E-state index is 12.4. The minimum Gasteiger partial charge on any atom is -0.398 e. The van der Waals surface area contributed by atoms with Gasteiger partial charge in [0.05, 0.1) is 30.7 Å². The number of aryl methyl sites for hydroxylation is 2. The number of pyridine rings is 1. The van der Waals surface area contributed by atoms with Crippen LogP contribution < -0.4 is 38.1 Å². The van der Waals surface area contributed by atoms with Crippen LogP contribution in [0.3, 0.4) is 0 Å². The lowest BCUT2D eigenvalue weighted by Crippen LogP contribution is -2.44. The van der Waals surface area contributed by atoms with Gasteiger partial charge in [-0.2, -0.15) is 0 Å². The molecule has 0 bridgehead atoms. The molecule has 286 valence electrons. The topological polar surface area (TPSA) is 228 Å². The van der Waals surface area contributed by atoms with Gasteiger partial charge in [0, 0.05) is 50.0 Å². The Hall–Kier alpha value is -6.25. The first-order valence-electron chi connectivity index (χ1n) is 18.2. The standard InChI is InChI=1S/C39H50N10O5/c1-2-3-18-31-48-37-38(28-15-10-11-17-30(28)47-39(37)41)49(31)22-13-12-21-42-32(50)19-20-33(51)44-24-35(53)46-26-36(54)45-25-34(52)43-23-27-14-8-6-4-5-7-9-16-29(27)40/h4-11,14-17H,2-3,12-13,18-26,40H2,1H3,(H2,41,47)(H,42,50)(H,43,52)(H,44,51)(H,45,54)(H,46,53). The van der Waals surface area contributed by atoms with Crippen LogP contribution in [0.2, 0.25) is 0 Å². The van der Waals surface area contributed by atoms with Gasteiger partial charge in [-0.15, -0.1) is 0 Å². The fourth-order valence-corrected chi connectivity index (χ4v) is 5.57. The maximum Gasteiger partial charge on any atom is 0.239 e. The molecule has 0 unspecified atom stereocenters. The van der Waals surface area contributed by atoms with Crippen LogP contribution in [-0.4, -0.2) is 70.2 Å². The first kappa shape index (κ1) is 40.5. The Morgan fingerprint density at radius 1 is 0.648 bits per heavy atom. The summed E-state index contributed by atoms with van der Waals surface area (Å²) in [5.74, 6) is -0.961. The Balaban J connectivity index is 1.09. The highest BCUT2D eigenvalue weighted by Crippen LogP contribution is 2.29. The second kappa shape index (κ2) is 21.3. The first-order valence-corrected chi connectivity index (χ1v) is 18.2. The molecule has 2 aromatic heterocycles. The molecule has 0 atom stereocenters. The highest BCUT2D eigenvalue weighted by molar-refractivity contribution is 6.06. The van der Waals surface area contributed by atoms with E-state index < -0.39 is 23.6 Å². The zero-order valence-electron chi connectivity index (χ0n) is 30.7. The van der Waals surface area contributed by atoms with E-state index in [4.69, 9.17) is 16.5 Å². The van der Waals surface area contributed by atoms with Crippen LogP contribution in [0.4, 0.5) is 11.5 Å². The Morgan fingerprint density at radius 2 is 1.24 bits per heavy atom. The molecule has 0 fully saturated rings. The second-order valence-corrected chi connectivity index (χ2v) is 12.6. The van der Waals surface area contributed by atoms with Gasteiger partial charge in [0.1, 0.15) is 11.3 Å². The van der Waals surface area contributed by atoms with Crippen LogP contribution in [-0.2, 0) is 43.5 Å².